The summed E-state index contributed by atoms with van der Waals surface area (Å²) in [5.41, 5.74) is 0.678. The predicted octanol–water partition coefficient (Wildman–Crippen LogP) is 1.95. The van der Waals surface area contributed by atoms with Crippen molar-refractivity contribution < 1.29 is 19.2 Å². The molecular weight excluding hydrogens is 338 g/mol. The Morgan fingerprint density at radius 2 is 1.81 bits per heavy atom. The number of rotatable bonds is 10. The fraction of sp³-hybridized carbons (Fsp3) is 0.444. The lowest BCUT2D eigenvalue weighted by Crippen LogP contribution is -2.37. The summed E-state index contributed by atoms with van der Waals surface area (Å²) in [6.45, 7) is 3.47. The first-order valence-electron chi connectivity index (χ1n) is 8.35. The van der Waals surface area contributed by atoms with Crippen LogP contribution in [0.25, 0.3) is 6.08 Å². The molecule has 0 atom stereocenters. The van der Waals surface area contributed by atoms with Gasteiger partial charge in [-0.15, -0.1) is 0 Å². The average molecular weight is 363 g/mol. The molecule has 0 aliphatic heterocycles. The van der Waals surface area contributed by atoms with Crippen LogP contribution in [0, 0.1) is 10.1 Å². The molecule has 0 heterocycles. The number of esters is 1. The number of benzene rings is 1. The molecule has 0 bridgehead atoms. The van der Waals surface area contributed by atoms with Crippen LogP contribution in [-0.2, 0) is 14.3 Å². The van der Waals surface area contributed by atoms with E-state index in [0.29, 0.717) is 25.3 Å². The Bertz CT molecular complexity index is 641. The van der Waals surface area contributed by atoms with Crippen LogP contribution in [0.2, 0.25) is 0 Å². The molecule has 1 aromatic rings. The van der Waals surface area contributed by atoms with Crippen LogP contribution in [-0.4, -0.2) is 66.9 Å². The summed E-state index contributed by atoms with van der Waals surface area (Å²) in [7, 11) is 3.81. The number of hydrogen-bond donors (Lipinski definition) is 0. The second-order valence-corrected chi connectivity index (χ2v) is 5.87. The normalized spacial score (nSPS) is 10.9. The van der Waals surface area contributed by atoms with Gasteiger partial charge in [0.2, 0.25) is 5.91 Å². The largest absolute Gasteiger partial charge is 0.466 e. The number of nitro benzene ring substituents is 1. The summed E-state index contributed by atoms with van der Waals surface area (Å²) in [6.07, 6.45) is 3.14. The third-order valence-corrected chi connectivity index (χ3v) is 3.54. The van der Waals surface area contributed by atoms with Crippen LogP contribution in [0.4, 0.5) is 5.69 Å². The van der Waals surface area contributed by atoms with Crippen LogP contribution < -0.4 is 0 Å². The van der Waals surface area contributed by atoms with Gasteiger partial charge in [0.25, 0.3) is 5.69 Å². The van der Waals surface area contributed by atoms with E-state index in [1.165, 1.54) is 18.2 Å². The van der Waals surface area contributed by atoms with E-state index < -0.39 is 4.92 Å². The summed E-state index contributed by atoms with van der Waals surface area (Å²) in [4.78, 5) is 37.7. The SMILES string of the molecule is CCOC(=O)CCN(CCN(C)C)C(=O)/C=C/c1ccc([N+](=O)[O-])cc1. The summed E-state index contributed by atoms with van der Waals surface area (Å²) < 4.78 is 4.90. The van der Waals surface area contributed by atoms with E-state index in [1.807, 2.05) is 19.0 Å². The molecule has 142 valence electrons. The zero-order chi connectivity index (χ0) is 19.5. The second kappa shape index (κ2) is 11.0. The van der Waals surface area contributed by atoms with Gasteiger partial charge < -0.3 is 14.5 Å². The van der Waals surface area contributed by atoms with Gasteiger partial charge >= 0.3 is 5.97 Å². The number of ether oxygens (including phenoxy) is 1. The maximum atomic E-state index is 12.4. The number of nitro groups is 1. The van der Waals surface area contributed by atoms with E-state index in [9.17, 15) is 19.7 Å². The van der Waals surface area contributed by atoms with Crippen molar-refractivity contribution >= 4 is 23.6 Å². The Morgan fingerprint density at radius 1 is 1.15 bits per heavy atom. The number of likely N-dealkylation sites (N-methyl/N-ethyl adjacent to an activating group) is 1. The van der Waals surface area contributed by atoms with Crippen LogP contribution in [0.15, 0.2) is 30.3 Å². The molecule has 0 aromatic heterocycles. The zero-order valence-electron chi connectivity index (χ0n) is 15.4. The number of non-ortho nitro benzene ring substituents is 1. The predicted molar refractivity (Wildman–Crippen MR) is 98.5 cm³/mol. The minimum absolute atomic E-state index is 0.00415. The summed E-state index contributed by atoms with van der Waals surface area (Å²) in [5, 5.41) is 10.7. The minimum atomic E-state index is -0.475. The Labute approximate surface area is 153 Å². The minimum Gasteiger partial charge on any atom is -0.466 e. The number of amides is 1. The topological polar surface area (TPSA) is 93.0 Å². The monoisotopic (exact) mass is 363 g/mol. The van der Waals surface area contributed by atoms with Gasteiger partial charge in [-0.2, -0.15) is 0 Å². The Balaban J connectivity index is 2.72. The molecule has 1 amide bonds. The van der Waals surface area contributed by atoms with Gasteiger partial charge in [0.15, 0.2) is 0 Å². The van der Waals surface area contributed by atoms with E-state index in [1.54, 1.807) is 30.0 Å². The lowest BCUT2D eigenvalue weighted by atomic mass is 10.2. The average Bonchev–Trinajstić information content (AvgIpc) is 2.60. The van der Waals surface area contributed by atoms with Gasteiger partial charge in [-0.3, -0.25) is 19.7 Å². The maximum absolute atomic E-state index is 12.4. The second-order valence-electron chi connectivity index (χ2n) is 5.87. The van der Waals surface area contributed by atoms with Crippen molar-refractivity contribution in [1.82, 2.24) is 9.80 Å². The first-order chi connectivity index (χ1) is 12.3. The summed E-state index contributed by atoms with van der Waals surface area (Å²) in [5.74, 6) is -0.566. The van der Waals surface area contributed by atoms with Gasteiger partial charge in [0, 0.05) is 37.8 Å². The van der Waals surface area contributed by atoms with E-state index in [0.717, 1.165) is 0 Å². The van der Waals surface area contributed by atoms with Gasteiger partial charge in [0.05, 0.1) is 18.0 Å². The molecule has 0 aliphatic rings. The van der Waals surface area contributed by atoms with Crippen molar-refractivity contribution in [2.75, 3.05) is 40.3 Å². The first-order valence-corrected chi connectivity index (χ1v) is 8.35. The van der Waals surface area contributed by atoms with Crippen LogP contribution in [0.1, 0.15) is 18.9 Å². The Kier molecular flexibility index (Phi) is 9.00. The molecule has 0 saturated carbocycles. The molecule has 0 fully saturated rings. The van der Waals surface area contributed by atoms with Crippen LogP contribution in [0.5, 0.6) is 0 Å². The highest BCUT2D eigenvalue weighted by molar-refractivity contribution is 5.92. The Morgan fingerprint density at radius 3 is 2.35 bits per heavy atom. The van der Waals surface area contributed by atoms with Crippen LogP contribution >= 0.6 is 0 Å². The van der Waals surface area contributed by atoms with Crippen LogP contribution in [0.3, 0.4) is 0 Å². The molecule has 0 saturated heterocycles. The zero-order valence-corrected chi connectivity index (χ0v) is 15.4. The number of hydrogen-bond acceptors (Lipinski definition) is 6. The fourth-order valence-electron chi connectivity index (χ4n) is 2.09. The molecule has 1 rings (SSSR count). The van der Waals surface area contributed by atoms with Gasteiger partial charge in [-0.1, -0.05) is 0 Å². The highest BCUT2D eigenvalue weighted by Gasteiger charge is 2.13. The van der Waals surface area contributed by atoms with Crippen molar-refractivity contribution in [1.29, 1.82) is 0 Å². The maximum Gasteiger partial charge on any atom is 0.307 e. The van der Waals surface area contributed by atoms with Gasteiger partial charge in [-0.25, -0.2) is 0 Å². The van der Waals surface area contributed by atoms with Gasteiger partial charge in [0.1, 0.15) is 0 Å². The smallest absolute Gasteiger partial charge is 0.307 e. The molecule has 8 nitrogen and oxygen atoms in total. The number of carbonyl (C=O) groups is 2. The van der Waals surface area contributed by atoms with Gasteiger partial charge in [-0.05, 0) is 44.8 Å². The van der Waals surface area contributed by atoms with Crippen molar-refractivity contribution in [2.24, 2.45) is 0 Å². The quantitative estimate of drug-likeness (QED) is 0.273. The number of nitrogens with zero attached hydrogens (tertiary/aromatic N) is 3. The third kappa shape index (κ3) is 7.89. The molecule has 0 N–H and O–H groups in total. The molecule has 0 spiro atoms. The van der Waals surface area contributed by atoms with E-state index in [4.69, 9.17) is 4.74 Å². The molecule has 0 unspecified atom stereocenters. The molecule has 26 heavy (non-hydrogen) atoms. The fourth-order valence-corrected chi connectivity index (χ4v) is 2.09. The Hall–Kier alpha value is -2.74. The lowest BCUT2D eigenvalue weighted by molar-refractivity contribution is -0.384. The highest BCUT2D eigenvalue weighted by atomic mass is 16.6. The molecule has 0 radical (unpaired) electrons. The van der Waals surface area contributed by atoms with Crippen molar-refractivity contribution in [3.05, 3.63) is 46.0 Å². The van der Waals surface area contributed by atoms with Crippen molar-refractivity contribution in [3.63, 3.8) is 0 Å². The lowest BCUT2D eigenvalue weighted by Gasteiger charge is -2.22. The molecule has 0 aliphatic carbocycles. The van der Waals surface area contributed by atoms with E-state index in [-0.39, 0.29) is 30.5 Å². The standard InChI is InChI=1S/C18H25N3O5/c1-4-26-18(23)11-12-20(14-13-19(2)3)17(22)10-7-15-5-8-16(9-6-15)21(24)25/h5-10H,4,11-14H2,1-3H3/b10-7+. The van der Waals surface area contributed by atoms with E-state index >= 15 is 0 Å². The third-order valence-electron chi connectivity index (χ3n) is 3.54. The molecule has 8 heteroatoms. The molecular formula is C18H25N3O5. The first kappa shape index (κ1) is 21.3. The van der Waals surface area contributed by atoms with Crippen molar-refractivity contribution in [3.8, 4) is 0 Å². The summed E-state index contributed by atoms with van der Waals surface area (Å²) >= 11 is 0. The van der Waals surface area contributed by atoms with E-state index in [2.05, 4.69) is 0 Å². The van der Waals surface area contributed by atoms with Crippen molar-refractivity contribution in [2.45, 2.75) is 13.3 Å². The molecule has 1 aromatic carbocycles. The number of carbonyl (C=O) groups excluding carboxylic acids is 2. The summed E-state index contributed by atoms with van der Waals surface area (Å²) in [6, 6.07) is 5.92. The highest BCUT2D eigenvalue weighted by Crippen LogP contribution is 2.13.